The number of piperidine rings is 1. The van der Waals surface area contributed by atoms with Crippen molar-refractivity contribution in [3.05, 3.63) is 64.9 Å². The summed E-state index contributed by atoms with van der Waals surface area (Å²) < 4.78 is 54.2. The Bertz CT molecular complexity index is 1580. The number of hydrogen-bond donors (Lipinski definition) is 1. The Hall–Kier alpha value is -3.44. The zero-order valence-electron chi connectivity index (χ0n) is 21.4. The molecule has 0 amide bonds. The summed E-state index contributed by atoms with van der Waals surface area (Å²) in [6.45, 7) is 0.153. The van der Waals surface area contributed by atoms with E-state index in [1.165, 1.54) is 23.5 Å². The molecule has 1 N–H and O–H groups in total. The van der Waals surface area contributed by atoms with Crippen LogP contribution < -0.4 is 4.90 Å². The van der Waals surface area contributed by atoms with Crippen molar-refractivity contribution in [2.24, 2.45) is 0 Å². The summed E-state index contributed by atoms with van der Waals surface area (Å²) in [5, 5.41) is 14.3. The molecule has 2 aromatic carbocycles. The monoisotopic (exact) mass is 569 g/mol. The SMILES string of the molecule is O=C(O)c1ccc2nc(N3C4CC[C@H]3CC(OCc3c(-c5ccccc5C(F)(F)F)noc3C3CC3)C4)sc2c1. The first-order chi connectivity index (χ1) is 19.3. The van der Waals surface area contributed by atoms with Gasteiger partial charge in [0, 0.05) is 29.1 Å². The number of fused-ring (bicyclic) bond motifs is 3. The minimum atomic E-state index is -4.50. The number of ether oxygens (including phenoxy) is 1. The fourth-order valence-corrected chi connectivity index (χ4v) is 7.36. The van der Waals surface area contributed by atoms with Crippen LogP contribution in [0.15, 0.2) is 47.0 Å². The van der Waals surface area contributed by atoms with Crippen molar-refractivity contribution in [2.45, 2.75) is 75.4 Å². The molecule has 0 spiro atoms. The topological polar surface area (TPSA) is 88.7 Å². The van der Waals surface area contributed by atoms with E-state index in [4.69, 9.17) is 14.2 Å². The van der Waals surface area contributed by atoms with Gasteiger partial charge in [-0.25, -0.2) is 9.78 Å². The highest BCUT2D eigenvalue weighted by molar-refractivity contribution is 7.22. The number of aromatic nitrogens is 2. The molecule has 7 nitrogen and oxygen atoms in total. The Morgan fingerprint density at radius 3 is 2.55 bits per heavy atom. The molecule has 4 heterocycles. The third-order valence-corrected chi connectivity index (χ3v) is 9.28. The smallest absolute Gasteiger partial charge is 0.417 e. The highest BCUT2D eigenvalue weighted by atomic mass is 32.1. The van der Waals surface area contributed by atoms with Crippen LogP contribution in [0.25, 0.3) is 21.5 Å². The molecule has 2 aromatic heterocycles. The Morgan fingerprint density at radius 1 is 1.10 bits per heavy atom. The molecule has 1 saturated carbocycles. The molecule has 1 aliphatic carbocycles. The van der Waals surface area contributed by atoms with E-state index >= 15 is 0 Å². The van der Waals surface area contributed by atoms with E-state index in [0.717, 1.165) is 59.9 Å². The van der Waals surface area contributed by atoms with Crippen LogP contribution in [0.4, 0.5) is 18.3 Å². The minimum absolute atomic E-state index is 0.0148. The van der Waals surface area contributed by atoms with Crippen molar-refractivity contribution in [1.82, 2.24) is 10.1 Å². The Labute approximate surface area is 231 Å². The fourth-order valence-electron chi connectivity index (χ4n) is 6.21. The molecule has 4 aromatic rings. The van der Waals surface area contributed by atoms with Crippen molar-refractivity contribution >= 4 is 32.7 Å². The van der Waals surface area contributed by atoms with Crippen LogP contribution in [0, 0.1) is 0 Å². The highest BCUT2D eigenvalue weighted by Gasteiger charge is 2.43. The van der Waals surface area contributed by atoms with E-state index in [1.807, 2.05) is 0 Å². The number of benzene rings is 2. The van der Waals surface area contributed by atoms with Gasteiger partial charge in [-0.05, 0) is 62.8 Å². The van der Waals surface area contributed by atoms with Crippen molar-refractivity contribution in [2.75, 3.05) is 4.90 Å². The maximum Gasteiger partial charge on any atom is 0.417 e. The van der Waals surface area contributed by atoms with Crippen molar-refractivity contribution < 1.29 is 32.3 Å². The van der Waals surface area contributed by atoms with E-state index in [1.54, 1.807) is 24.3 Å². The molecule has 2 bridgehead atoms. The summed E-state index contributed by atoms with van der Waals surface area (Å²) in [4.78, 5) is 18.5. The summed E-state index contributed by atoms with van der Waals surface area (Å²) in [5.41, 5.74) is 1.15. The number of halogens is 3. The standard InChI is InChI=1S/C29H26F3N3O4S/c30-29(31,32)22-4-2-1-3-20(22)25-21(26(39-34-25)15-5-6-15)14-38-19-12-17-8-9-18(13-19)35(17)28-33-23-10-7-16(27(36)37)11-24(23)40-28/h1-4,7,10-11,15,17-19H,5-6,8-9,12-14H2,(H,36,37)/t17-,18?,19?/m0/s1. The first-order valence-corrected chi connectivity index (χ1v) is 14.3. The van der Waals surface area contributed by atoms with Gasteiger partial charge < -0.3 is 19.3 Å². The molecule has 208 valence electrons. The van der Waals surface area contributed by atoms with Crippen molar-refractivity contribution in [3.63, 3.8) is 0 Å². The molecule has 11 heteroatoms. The van der Waals surface area contributed by atoms with Crippen LogP contribution in [-0.4, -0.2) is 39.4 Å². The Kier molecular flexibility index (Phi) is 6.12. The third kappa shape index (κ3) is 4.54. The van der Waals surface area contributed by atoms with Crippen LogP contribution in [-0.2, 0) is 17.5 Å². The molecule has 3 atom stereocenters. The van der Waals surface area contributed by atoms with Crippen LogP contribution in [0.3, 0.4) is 0 Å². The second-order valence-corrected chi connectivity index (χ2v) is 11.9. The van der Waals surface area contributed by atoms with E-state index in [0.29, 0.717) is 11.3 Å². The van der Waals surface area contributed by atoms with E-state index in [9.17, 15) is 23.1 Å². The second-order valence-electron chi connectivity index (χ2n) is 10.9. The van der Waals surface area contributed by atoms with Gasteiger partial charge in [0.05, 0.1) is 34.1 Å². The van der Waals surface area contributed by atoms with Gasteiger partial charge in [-0.15, -0.1) is 0 Å². The zero-order valence-corrected chi connectivity index (χ0v) is 22.2. The van der Waals surface area contributed by atoms with Crippen LogP contribution in [0.5, 0.6) is 0 Å². The molecule has 40 heavy (non-hydrogen) atoms. The normalized spacial score (nSPS) is 22.8. The van der Waals surface area contributed by atoms with Gasteiger partial charge in [-0.1, -0.05) is 34.7 Å². The quantitative estimate of drug-likeness (QED) is 0.251. The number of carboxylic acids is 1. The number of carboxylic acid groups (broad SMARTS) is 1. The summed E-state index contributed by atoms with van der Waals surface area (Å²) in [5.74, 6) is -0.142. The molecule has 2 saturated heterocycles. The predicted octanol–water partition coefficient (Wildman–Crippen LogP) is 7.26. The Morgan fingerprint density at radius 2 is 1.85 bits per heavy atom. The predicted molar refractivity (Wildman–Crippen MR) is 143 cm³/mol. The van der Waals surface area contributed by atoms with Gasteiger partial charge in [0.25, 0.3) is 0 Å². The first-order valence-electron chi connectivity index (χ1n) is 13.4. The molecular formula is C29H26F3N3O4S. The number of thiazole rings is 1. The Balaban J connectivity index is 1.10. The molecule has 0 radical (unpaired) electrons. The van der Waals surface area contributed by atoms with Crippen molar-refractivity contribution in [1.29, 1.82) is 0 Å². The number of anilines is 1. The van der Waals surface area contributed by atoms with Gasteiger partial charge in [-0.3, -0.25) is 0 Å². The van der Waals surface area contributed by atoms with Crippen molar-refractivity contribution in [3.8, 4) is 11.3 Å². The van der Waals surface area contributed by atoms with E-state index < -0.39 is 17.7 Å². The number of alkyl halides is 3. The minimum Gasteiger partial charge on any atom is -0.478 e. The number of aromatic carboxylic acids is 1. The summed E-state index contributed by atoms with van der Waals surface area (Å²) in [7, 11) is 0. The second kappa shape index (κ2) is 9.59. The number of nitrogens with zero attached hydrogens (tertiary/aromatic N) is 3. The van der Waals surface area contributed by atoms with Crippen LogP contribution in [0.2, 0.25) is 0 Å². The highest BCUT2D eigenvalue weighted by Crippen LogP contribution is 2.47. The molecule has 3 fully saturated rings. The lowest BCUT2D eigenvalue weighted by molar-refractivity contribution is -0.137. The lowest BCUT2D eigenvalue weighted by atomic mass is 9.98. The molecule has 2 aliphatic heterocycles. The number of rotatable bonds is 7. The summed E-state index contributed by atoms with van der Waals surface area (Å²) in [6, 6.07) is 10.9. The number of hydrogen-bond acceptors (Lipinski definition) is 7. The van der Waals surface area contributed by atoms with Gasteiger partial charge in [-0.2, -0.15) is 13.2 Å². The van der Waals surface area contributed by atoms with Gasteiger partial charge in [0.15, 0.2) is 5.13 Å². The summed E-state index contributed by atoms with van der Waals surface area (Å²) >= 11 is 1.51. The summed E-state index contributed by atoms with van der Waals surface area (Å²) in [6.07, 6.45) is 0.889. The first kappa shape index (κ1) is 25.5. The van der Waals surface area contributed by atoms with Gasteiger partial charge in [0.1, 0.15) is 11.5 Å². The molecule has 2 unspecified atom stereocenters. The van der Waals surface area contributed by atoms with Crippen LogP contribution in [0.1, 0.15) is 71.7 Å². The van der Waals surface area contributed by atoms with Gasteiger partial charge >= 0.3 is 12.1 Å². The van der Waals surface area contributed by atoms with Crippen LogP contribution >= 0.6 is 11.3 Å². The average molecular weight is 570 g/mol. The largest absolute Gasteiger partial charge is 0.478 e. The molecular weight excluding hydrogens is 543 g/mol. The zero-order chi connectivity index (χ0) is 27.6. The lowest BCUT2D eigenvalue weighted by Crippen LogP contribution is -2.45. The fraction of sp³-hybridized carbons (Fsp3) is 0.414. The lowest BCUT2D eigenvalue weighted by Gasteiger charge is -2.38. The molecule has 3 aliphatic rings. The number of carbonyl (C=O) groups is 1. The van der Waals surface area contributed by atoms with Gasteiger partial charge in [0.2, 0.25) is 0 Å². The maximum absolute atomic E-state index is 13.8. The van der Waals surface area contributed by atoms with E-state index in [2.05, 4.69) is 10.1 Å². The maximum atomic E-state index is 13.8. The van der Waals surface area contributed by atoms with E-state index in [-0.39, 0.29) is 47.5 Å². The third-order valence-electron chi connectivity index (χ3n) is 8.25. The molecule has 7 rings (SSSR count). The average Bonchev–Trinajstić information content (AvgIpc) is 3.44.